The predicted molar refractivity (Wildman–Crippen MR) is 130 cm³/mol. The number of ether oxygens (including phenoxy) is 1. The molecular formula is C24H33N3O4S. The van der Waals surface area contributed by atoms with E-state index >= 15 is 0 Å². The van der Waals surface area contributed by atoms with Crippen LogP contribution in [-0.2, 0) is 4.74 Å². The Labute approximate surface area is 192 Å². The zero-order chi connectivity index (χ0) is 22.9. The Hall–Kier alpha value is -2.42. The Morgan fingerprint density at radius 1 is 1.06 bits per heavy atom. The van der Waals surface area contributed by atoms with E-state index in [4.69, 9.17) is 4.74 Å². The lowest BCUT2D eigenvalue weighted by Crippen LogP contribution is -2.43. The number of para-hydroxylation sites is 3. The average molecular weight is 460 g/mol. The molecule has 1 amide bonds. The number of likely N-dealkylation sites (tertiary alicyclic amines) is 1. The molecule has 32 heavy (non-hydrogen) atoms. The van der Waals surface area contributed by atoms with Crippen molar-refractivity contribution in [1.29, 1.82) is 0 Å². The van der Waals surface area contributed by atoms with Gasteiger partial charge in [0.1, 0.15) is 5.60 Å². The Bertz CT molecular complexity index is 948. The molecule has 0 aromatic heterocycles. The van der Waals surface area contributed by atoms with Crippen LogP contribution < -0.4 is 8.61 Å². The number of benzene rings is 2. The van der Waals surface area contributed by atoms with Crippen molar-refractivity contribution in [2.24, 2.45) is 5.92 Å². The fraction of sp³-hybridized carbons (Fsp3) is 0.458. The quantitative estimate of drug-likeness (QED) is 0.562. The van der Waals surface area contributed by atoms with Crippen LogP contribution in [0.3, 0.4) is 0 Å². The van der Waals surface area contributed by atoms with E-state index in [0.717, 1.165) is 36.3 Å². The van der Waals surface area contributed by atoms with Gasteiger partial charge in [-0.3, -0.25) is 13.4 Å². The van der Waals surface area contributed by atoms with Crippen molar-refractivity contribution < 1.29 is 18.6 Å². The summed E-state index contributed by atoms with van der Waals surface area (Å²) in [6.45, 7) is 7.46. The van der Waals surface area contributed by atoms with E-state index in [-0.39, 0.29) is 12.0 Å². The molecule has 2 aliphatic rings. The number of fused-ring (bicyclic) bond motifs is 1. The van der Waals surface area contributed by atoms with E-state index in [1.54, 1.807) is 13.5 Å². The molecule has 0 radical (unpaired) electrons. The third-order valence-electron chi connectivity index (χ3n) is 5.81. The van der Waals surface area contributed by atoms with Crippen LogP contribution in [0.15, 0.2) is 54.6 Å². The molecule has 2 heterocycles. The monoisotopic (exact) mass is 459 g/mol. The normalized spacial score (nSPS) is 21.3. The van der Waals surface area contributed by atoms with Crippen LogP contribution in [0.5, 0.6) is 0 Å². The maximum atomic E-state index is 12.5. The Morgan fingerprint density at radius 2 is 1.72 bits per heavy atom. The number of amides is 1. The molecular weight excluding hydrogens is 426 g/mol. The van der Waals surface area contributed by atoms with Crippen LogP contribution in [0.1, 0.15) is 40.0 Å². The molecule has 0 saturated carbocycles. The summed E-state index contributed by atoms with van der Waals surface area (Å²) in [5.41, 5.74) is 1.84. The van der Waals surface area contributed by atoms with E-state index in [2.05, 4.69) is 0 Å². The van der Waals surface area contributed by atoms with Crippen LogP contribution in [0.4, 0.5) is 21.9 Å². The number of piperidine rings is 1. The third-order valence-corrected chi connectivity index (χ3v) is 7.68. The van der Waals surface area contributed by atoms with Gasteiger partial charge in [-0.25, -0.2) is 9.10 Å². The largest absolute Gasteiger partial charge is 0.444 e. The first-order valence-electron chi connectivity index (χ1n) is 11.1. The molecule has 8 heteroatoms. The highest BCUT2D eigenvalue weighted by atomic mass is 32.3. The molecule has 1 unspecified atom stereocenters. The summed E-state index contributed by atoms with van der Waals surface area (Å²) in [6, 6.07) is 17.1. The first-order chi connectivity index (χ1) is 15.2. The molecule has 1 atom stereocenters. The zero-order valence-electron chi connectivity index (χ0n) is 19.0. The van der Waals surface area contributed by atoms with Gasteiger partial charge < -0.3 is 9.64 Å². The molecule has 2 aromatic rings. The number of nitrogens with zero attached hydrogens (tertiary/aromatic N) is 3. The first kappa shape index (κ1) is 22.8. The SMILES string of the molecule is CC(C)(C)OC(=O)N1CCCC(CCN2c3ccccc3N(c3ccccc3)S2(O)O)C1. The van der Waals surface area contributed by atoms with Crippen molar-refractivity contribution in [3.05, 3.63) is 54.6 Å². The van der Waals surface area contributed by atoms with Crippen molar-refractivity contribution in [2.45, 2.75) is 45.6 Å². The number of carbonyl (C=O) groups is 1. The summed E-state index contributed by atoms with van der Waals surface area (Å²) < 4.78 is 31.5. The van der Waals surface area contributed by atoms with Gasteiger partial charge in [0.2, 0.25) is 0 Å². The molecule has 0 spiro atoms. The highest BCUT2D eigenvalue weighted by Gasteiger charge is 2.41. The van der Waals surface area contributed by atoms with Gasteiger partial charge in [0.05, 0.1) is 17.1 Å². The van der Waals surface area contributed by atoms with Gasteiger partial charge in [0.15, 0.2) is 0 Å². The maximum absolute atomic E-state index is 12.5. The second kappa shape index (κ2) is 8.84. The van der Waals surface area contributed by atoms with Gasteiger partial charge in [-0.15, -0.1) is 0 Å². The second-order valence-corrected chi connectivity index (χ2v) is 11.2. The number of hydrogen-bond acceptors (Lipinski definition) is 6. The lowest BCUT2D eigenvalue weighted by molar-refractivity contribution is 0.0163. The van der Waals surface area contributed by atoms with Crippen LogP contribution >= 0.6 is 11.0 Å². The third kappa shape index (κ3) is 4.67. The van der Waals surface area contributed by atoms with E-state index in [0.29, 0.717) is 19.6 Å². The standard InChI is InChI=1S/C24H33N3O4S/c1-24(2,3)31-23(28)25-16-9-10-19(18-25)15-17-26-21-13-7-8-14-22(21)27(32(26,29)30)20-11-5-4-6-12-20/h4-8,11-14,19,29-30H,9-10,15-18H2,1-3H3. The van der Waals surface area contributed by atoms with Crippen molar-refractivity contribution in [3.63, 3.8) is 0 Å². The van der Waals surface area contributed by atoms with Gasteiger partial charge in [-0.05, 0) is 81.2 Å². The Kier molecular flexibility index (Phi) is 6.29. The summed E-state index contributed by atoms with van der Waals surface area (Å²) >= 11 is 0. The number of hydrogen-bond donors (Lipinski definition) is 2. The summed E-state index contributed by atoms with van der Waals surface area (Å²) in [5, 5.41) is 0. The first-order valence-corrected chi connectivity index (χ1v) is 12.6. The molecule has 0 bridgehead atoms. The minimum Gasteiger partial charge on any atom is -0.444 e. The molecule has 0 aliphatic carbocycles. The van der Waals surface area contributed by atoms with Gasteiger partial charge in [-0.1, -0.05) is 30.3 Å². The molecule has 2 N–H and O–H groups in total. The molecule has 7 nitrogen and oxygen atoms in total. The van der Waals surface area contributed by atoms with Gasteiger partial charge >= 0.3 is 6.09 Å². The van der Waals surface area contributed by atoms with Crippen LogP contribution in [-0.4, -0.2) is 45.3 Å². The van der Waals surface area contributed by atoms with E-state index in [1.807, 2.05) is 75.4 Å². The molecule has 1 fully saturated rings. The highest BCUT2D eigenvalue weighted by Crippen LogP contribution is 2.64. The lowest BCUT2D eigenvalue weighted by atomic mass is 9.95. The van der Waals surface area contributed by atoms with Crippen molar-refractivity contribution in [1.82, 2.24) is 4.90 Å². The number of rotatable bonds is 4. The summed E-state index contributed by atoms with van der Waals surface area (Å²) in [4.78, 5) is 14.3. The smallest absolute Gasteiger partial charge is 0.410 e. The van der Waals surface area contributed by atoms with Crippen LogP contribution in [0, 0.1) is 5.92 Å². The fourth-order valence-corrected chi connectivity index (χ4v) is 6.18. The molecule has 2 aromatic carbocycles. The average Bonchev–Trinajstić information content (AvgIpc) is 2.97. The molecule has 1 saturated heterocycles. The molecule has 4 rings (SSSR count). The lowest BCUT2D eigenvalue weighted by Gasteiger charge is -2.44. The van der Waals surface area contributed by atoms with E-state index in [1.165, 1.54) is 0 Å². The highest BCUT2D eigenvalue weighted by molar-refractivity contribution is 8.27. The summed E-state index contributed by atoms with van der Waals surface area (Å²) in [5.74, 6) is 0.282. The molecule has 174 valence electrons. The maximum Gasteiger partial charge on any atom is 0.410 e. The summed E-state index contributed by atoms with van der Waals surface area (Å²) in [6.07, 6.45) is 2.42. The van der Waals surface area contributed by atoms with E-state index < -0.39 is 16.6 Å². The fourth-order valence-electron chi connectivity index (χ4n) is 4.39. The van der Waals surface area contributed by atoms with Crippen molar-refractivity contribution >= 4 is 34.1 Å². The zero-order valence-corrected chi connectivity index (χ0v) is 19.8. The van der Waals surface area contributed by atoms with Gasteiger partial charge in [-0.2, -0.15) is 0 Å². The van der Waals surface area contributed by atoms with E-state index in [9.17, 15) is 13.9 Å². The second-order valence-electron chi connectivity index (χ2n) is 9.43. The Morgan fingerprint density at radius 3 is 2.41 bits per heavy atom. The van der Waals surface area contributed by atoms with Crippen molar-refractivity contribution in [3.8, 4) is 0 Å². The Balaban J connectivity index is 1.48. The van der Waals surface area contributed by atoms with Crippen molar-refractivity contribution in [2.75, 3.05) is 28.2 Å². The van der Waals surface area contributed by atoms with Gasteiger partial charge in [0.25, 0.3) is 0 Å². The minimum atomic E-state index is -3.23. The van der Waals surface area contributed by atoms with Crippen LogP contribution in [0.2, 0.25) is 0 Å². The minimum absolute atomic E-state index is 0.270. The topological polar surface area (TPSA) is 76.5 Å². The number of anilines is 3. The van der Waals surface area contributed by atoms with Crippen LogP contribution in [0.25, 0.3) is 0 Å². The molecule has 2 aliphatic heterocycles. The summed E-state index contributed by atoms with van der Waals surface area (Å²) in [7, 11) is -3.23. The number of carbonyl (C=O) groups excluding carboxylic acids is 1. The predicted octanol–water partition coefficient (Wildman–Crippen LogP) is 6.26. The van der Waals surface area contributed by atoms with Gasteiger partial charge in [0, 0.05) is 19.6 Å².